The summed E-state index contributed by atoms with van der Waals surface area (Å²) in [6.45, 7) is 1.60. The van der Waals surface area contributed by atoms with Gasteiger partial charge in [0.05, 0.1) is 19.3 Å². The Hall–Kier alpha value is -2.69. The van der Waals surface area contributed by atoms with Gasteiger partial charge in [0.2, 0.25) is 0 Å². The van der Waals surface area contributed by atoms with Gasteiger partial charge in [0.25, 0.3) is 0 Å². The molecule has 8 heteroatoms. The Morgan fingerprint density at radius 3 is 2.81 bits per heavy atom. The molecule has 1 saturated heterocycles. The second kappa shape index (κ2) is 7.91. The van der Waals surface area contributed by atoms with E-state index in [4.69, 9.17) is 27.8 Å². The number of nitriles is 1. The number of nitrogens with zero attached hydrogens (tertiary/aromatic N) is 3. The van der Waals surface area contributed by atoms with Gasteiger partial charge in [0.15, 0.2) is 5.69 Å². The summed E-state index contributed by atoms with van der Waals surface area (Å²) in [5.74, 6) is -0.00548. The van der Waals surface area contributed by atoms with E-state index in [-0.39, 0.29) is 29.5 Å². The van der Waals surface area contributed by atoms with Crippen molar-refractivity contribution in [2.24, 2.45) is 5.73 Å². The standard InChI is InChI=1S/C19H22ClN5O2/c1-27-19(26)17-16(23)14(9-21)18(24-8-4-6-13(22)11-24)25(17)10-12-5-2-3-7-15(12)20/h2-3,5,7,13H,4,6,8,10-11,22-23H2,1H3/t13-/m1/s1. The summed E-state index contributed by atoms with van der Waals surface area (Å²) in [5.41, 5.74) is 13.7. The van der Waals surface area contributed by atoms with Crippen molar-refractivity contribution in [3.8, 4) is 6.07 Å². The molecule has 0 aliphatic carbocycles. The predicted molar refractivity (Wildman–Crippen MR) is 105 cm³/mol. The van der Waals surface area contributed by atoms with Crippen molar-refractivity contribution in [2.75, 3.05) is 30.8 Å². The molecule has 4 N–H and O–H groups in total. The molecule has 1 fully saturated rings. The van der Waals surface area contributed by atoms with Crippen molar-refractivity contribution in [3.05, 3.63) is 46.1 Å². The normalized spacial score (nSPS) is 16.8. The molecule has 0 saturated carbocycles. The molecule has 1 aliphatic rings. The fourth-order valence-electron chi connectivity index (χ4n) is 3.53. The third-order valence-electron chi connectivity index (χ3n) is 4.81. The van der Waals surface area contributed by atoms with Crippen LogP contribution in [0, 0.1) is 11.3 Å². The largest absolute Gasteiger partial charge is 0.464 e. The summed E-state index contributed by atoms with van der Waals surface area (Å²) < 4.78 is 6.64. The Bertz CT molecular complexity index is 902. The Labute approximate surface area is 163 Å². The number of methoxy groups -OCH3 is 1. The van der Waals surface area contributed by atoms with Gasteiger partial charge in [-0.3, -0.25) is 0 Å². The summed E-state index contributed by atoms with van der Waals surface area (Å²) >= 11 is 6.32. The summed E-state index contributed by atoms with van der Waals surface area (Å²) in [4.78, 5) is 14.5. The number of hydrogen-bond donors (Lipinski definition) is 2. The minimum atomic E-state index is -0.594. The van der Waals surface area contributed by atoms with Crippen LogP contribution >= 0.6 is 11.6 Å². The van der Waals surface area contributed by atoms with Gasteiger partial charge in [-0.05, 0) is 24.5 Å². The molecular weight excluding hydrogens is 366 g/mol. The number of rotatable bonds is 4. The molecule has 0 amide bonds. The molecule has 27 heavy (non-hydrogen) atoms. The van der Waals surface area contributed by atoms with E-state index in [1.807, 2.05) is 23.1 Å². The van der Waals surface area contributed by atoms with E-state index < -0.39 is 5.97 Å². The van der Waals surface area contributed by atoms with Crippen molar-refractivity contribution in [2.45, 2.75) is 25.4 Å². The molecule has 1 atom stereocenters. The fraction of sp³-hybridized carbons (Fsp3) is 0.368. The van der Waals surface area contributed by atoms with Crippen molar-refractivity contribution >= 4 is 29.1 Å². The maximum atomic E-state index is 12.5. The van der Waals surface area contributed by atoms with E-state index in [0.717, 1.165) is 24.9 Å². The topological polar surface area (TPSA) is 110 Å². The fourth-order valence-corrected chi connectivity index (χ4v) is 3.73. The smallest absolute Gasteiger partial charge is 0.356 e. The lowest BCUT2D eigenvalue weighted by molar-refractivity contribution is 0.0590. The van der Waals surface area contributed by atoms with Gasteiger partial charge in [0, 0.05) is 24.2 Å². The first-order valence-electron chi connectivity index (χ1n) is 8.72. The zero-order valence-corrected chi connectivity index (χ0v) is 15.9. The highest BCUT2D eigenvalue weighted by Crippen LogP contribution is 2.35. The summed E-state index contributed by atoms with van der Waals surface area (Å²) in [5, 5.41) is 10.3. The van der Waals surface area contributed by atoms with Gasteiger partial charge >= 0.3 is 5.97 Å². The highest BCUT2D eigenvalue weighted by Gasteiger charge is 2.31. The highest BCUT2D eigenvalue weighted by molar-refractivity contribution is 6.31. The molecule has 0 unspecified atom stereocenters. The molecular formula is C19H22ClN5O2. The third-order valence-corrected chi connectivity index (χ3v) is 5.18. The van der Waals surface area contributed by atoms with Crippen LogP contribution < -0.4 is 16.4 Å². The molecule has 0 bridgehead atoms. The molecule has 1 aromatic carbocycles. The Morgan fingerprint density at radius 1 is 1.44 bits per heavy atom. The van der Waals surface area contributed by atoms with E-state index in [1.165, 1.54) is 7.11 Å². The Kier molecular flexibility index (Phi) is 5.59. The molecule has 2 aromatic rings. The average Bonchev–Trinajstić information content (AvgIpc) is 2.94. The number of esters is 1. The molecule has 0 spiro atoms. The van der Waals surface area contributed by atoms with Crippen LogP contribution in [0.4, 0.5) is 11.5 Å². The number of nitrogens with two attached hydrogens (primary N) is 2. The SMILES string of the molecule is COC(=O)c1c(N)c(C#N)c(N2CCC[C@@H](N)C2)n1Cc1ccccc1Cl. The van der Waals surface area contributed by atoms with Crippen LogP contribution in [0.25, 0.3) is 0 Å². The predicted octanol–water partition coefficient (Wildman–Crippen LogP) is 2.36. The molecule has 0 radical (unpaired) electrons. The van der Waals surface area contributed by atoms with E-state index in [1.54, 1.807) is 10.6 Å². The van der Waals surface area contributed by atoms with Gasteiger partial charge in [0.1, 0.15) is 17.5 Å². The van der Waals surface area contributed by atoms with Crippen LogP contribution in [0.5, 0.6) is 0 Å². The number of piperidine rings is 1. The lowest BCUT2D eigenvalue weighted by Gasteiger charge is -2.33. The zero-order chi connectivity index (χ0) is 19.6. The number of nitrogen functional groups attached to an aromatic ring is 1. The quantitative estimate of drug-likeness (QED) is 0.779. The van der Waals surface area contributed by atoms with E-state index in [2.05, 4.69) is 6.07 Å². The Morgan fingerprint density at radius 2 is 2.19 bits per heavy atom. The van der Waals surface area contributed by atoms with Gasteiger partial charge < -0.3 is 25.7 Å². The maximum absolute atomic E-state index is 12.5. The number of hydrogen-bond acceptors (Lipinski definition) is 6. The second-order valence-electron chi connectivity index (χ2n) is 6.59. The third kappa shape index (κ3) is 3.59. The number of benzene rings is 1. The first kappa shape index (κ1) is 19.1. The van der Waals surface area contributed by atoms with Gasteiger partial charge in [-0.25, -0.2) is 4.79 Å². The summed E-state index contributed by atoms with van der Waals surface area (Å²) in [7, 11) is 1.29. The number of ether oxygens (including phenoxy) is 1. The number of carbonyl (C=O) groups excluding carboxylic acids is 1. The van der Waals surface area contributed by atoms with Crippen LogP contribution in [0.1, 0.15) is 34.5 Å². The summed E-state index contributed by atoms with van der Waals surface area (Å²) in [6.07, 6.45) is 1.82. The minimum absolute atomic E-state index is 0.00300. The highest BCUT2D eigenvalue weighted by atomic mass is 35.5. The van der Waals surface area contributed by atoms with Gasteiger partial charge in [-0.2, -0.15) is 5.26 Å². The zero-order valence-electron chi connectivity index (χ0n) is 15.1. The molecule has 1 aliphatic heterocycles. The molecule has 2 heterocycles. The van der Waals surface area contributed by atoms with Gasteiger partial charge in [-0.1, -0.05) is 29.8 Å². The van der Waals surface area contributed by atoms with Crippen LogP contribution in [0.2, 0.25) is 5.02 Å². The van der Waals surface area contributed by atoms with Crippen molar-refractivity contribution in [1.82, 2.24) is 4.57 Å². The van der Waals surface area contributed by atoms with Crippen molar-refractivity contribution in [3.63, 3.8) is 0 Å². The summed E-state index contributed by atoms with van der Waals surface area (Å²) in [6, 6.07) is 9.50. The minimum Gasteiger partial charge on any atom is -0.464 e. The van der Waals surface area contributed by atoms with E-state index in [9.17, 15) is 10.1 Å². The van der Waals surface area contributed by atoms with Gasteiger partial charge in [-0.15, -0.1) is 0 Å². The van der Waals surface area contributed by atoms with Crippen LogP contribution in [0.15, 0.2) is 24.3 Å². The van der Waals surface area contributed by atoms with Crippen LogP contribution in [-0.4, -0.2) is 36.8 Å². The first-order chi connectivity index (χ1) is 13.0. The van der Waals surface area contributed by atoms with Crippen molar-refractivity contribution < 1.29 is 9.53 Å². The lowest BCUT2D eigenvalue weighted by Crippen LogP contribution is -2.44. The number of halogens is 1. The molecule has 1 aromatic heterocycles. The second-order valence-corrected chi connectivity index (χ2v) is 7.00. The van der Waals surface area contributed by atoms with E-state index >= 15 is 0 Å². The first-order valence-corrected chi connectivity index (χ1v) is 9.10. The van der Waals surface area contributed by atoms with E-state index in [0.29, 0.717) is 17.4 Å². The Balaban J connectivity index is 2.19. The number of carbonyl (C=O) groups is 1. The van der Waals surface area contributed by atoms with Crippen LogP contribution in [0.3, 0.4) is 0 Å². The number of aromatic nitrogens is 1. The molecule has 3 rings (SSSR count). The van der Waals surface area contributed by atoms with Crippen molar-refractivity contribution in [1.29, 1.82) is 5.26 Å². The maximum Gasteiger partial charge on any atom is 0.356 e. The number of anilines is 2. The average molecular weight is 388 g/mol. The molecule has 7 nitrogen and oxygen atoms in total. The molecule has 142 valence electrons. The monoisotopic (exact) mass is 387 g/mol. The lowest BCUT2D eigenvalue weighted by atomic mass is 10.1. The van der Waals surface area contributed by atoms with Crippen LogP contribution in [-0.2, 0) is 11.3 Å².